The van der Waals surface area contributed by atoms with Crippen molar-refractivity contribution in [3.8, 4) is 23.9 Å². The van der Waals surface area contributed by atoms with Gasteiger partial charge in [-0.05, 0) is 12.1 Å². The summed E-state index contributed by atoms with van der Waals surface area (Å²) in [6.45, 7) is 0. The van der Waals surface area contributed by atoms with Crippen LogP contribution in [0.1, 0.15) is 17.0 Å². The fourth-order valence-electron chi connectivity index (χ4n) is 1.66. The Morgan fingerprint density at radius 1 is 1.20 bits per heavy atom. The summed E-state index contributed by atoms with van der Waals surface area (Å²) in [5.74, 6) is 0. The van der Waals surface area contributed by atoms with Crippen LogP contribution in [0.4, 0.5) is 5.69 Å². The molecule has 20 heavy (non-hydrogen) atoms. The van der Waals surface area contributed by atoms with Gasteiger partial charge in [-0.2, -0.15) is 15.8 Å². The molecule has 0 fully saturated rings. The van der Waals surface area contributed by atoms with Gasteiger partial charge in [0.05, 0.1) is 4.92 Å². The zero-order valence-electron chi connectivity index (χ0n) is 9.81. The van der Waals surface area contributed by atoms with Crippen LogP contribution in [0, 0.1) is 44.1 Å². The highest BCUT2D eigenvalue weighted by Crippen LogP contribution is 2.22. The number of benzene rings is 1. The van der Waals surface area contributed by atoms with E-state index < -0.39 is 4.92 Å². The van der Waals surface area contributed by atoms with Crippen LogP contribution in [0.3, 0.4) is 0 Å². The quantitative estimate of drug-likeness (QED) is 0.594. The van der Waals surface area contributed by atoms with E-state index in [1.165, 1.54) is 29.1 Å². The van der Waals surface area contributed by atoms with Gasteiger partial charge in [-0.25, -0.2) is 4.98 Å². The first-order chi connectivity index (χ1) is 9.62. The van der Waals surface area contributed by atoms with Gasteiger partial charge in [0.2, 0.25) is 0 Å². The fraction of sp³-hybridized carbons (Fsp3) is 0. The molecular weight excluding hydrogens is 260 g/mol. The minimum Gasteiger partial charge on any atom is -0.289 e. The molecular formula is C12H4N6O2. The highest BCUT2D eigenvalue weighted by molar-refractivity contribution is 5.56. The molecule has 0 radical (unpaired) electrons. The van der Waals surface area contributed by atoms with Gasteiger partial charge in [0, 0.05) is 11.8 Å². The molecule has 94 valence electrons. The number of hydrogen-bond donors (Lipinski definition) is 0. The smallest absolute Gasteiger partial charge is 0.287 e. The summed E-state index contributed by atoms with van der Waals surface area (Å²) in [5.41, 5.74) is -0.161. The molecule has 0 amide bonds. The molecule has 0 unspecified atom stereocenters. The van der Waals surface area contributed by atoms with Crippen LogP contribution in [0.2, 0.25) is 0 Å². The average molecular weight is 264 g/mol. The second kappa shape index (κ2) is 4.89. The summed E-state index contributed by atoms with van der Waals surface area (Å²) in [6.07, 6.45) is 1.25. The molecule has 0 N–H and O–H groups in total. The maximum atomic E-state index is 10.7. The van der Waals surface area contributed by atoms with Crippen LogP contribution >= 0.6 is 0 Å². The number of nitrogens with zero attached hydrogens (tertiary/aromatic N) is 6. The number of rotatable bonds is 2. The van der Waals surface area contributed by atoms with Crippen molar-refractivity contribution < 1.29 is 4.92 Å². The number of aromatic nitrogens is 2. The fourth-order valence-corrected chi connectivity index (χ4v) is 1.66. The number of nitro groups is 1. The van der Waals surface area contributed by atoms with Crippen molar-refractivity contribution in [1.82, 2.24) is 9.55 Å². The third-order valence-corrected chi connectivity index (χ3v) is 2.55. The van der Waals surface area contributed by atoms with E-state index in [2.05, 4.69) is 4.98 Å². The summed E-state index contributed by atoms with van der Waals surface area (Å²) >= 11 is 0. The van der Waals surface area contributed by atoms with Crippen molar-refractivity contribution in [3.63, 3.8) is 0 Å². The van der Waals surface area contributed by atoms with Crippen molar-refractivity contribution >= 4 is 5.69 Å². The summed E-state index contributed by atoms with van der Waals surface area (Å²) in [5, 5.41) is 37.5. The van der Waals surface area contributed by atoms with E-state index in [4.69, 9.17) is 15.8 Å². The largest absolute Gasteiger partial charge is 0.289 e. The van der Waals surface area contributed by atoms with Crippen molar-refractivity contribution in [1.29, 1.82) is 15.8 Å². The molecule has 0 aliphatic carbocycles. The Kier molecular flexibility index (Phi) is 3.12. The van der Waals surface area contributed by atoms with Crippen molar-refractivity contribution in [2.45, 2.75) is 0 Å². The van der Waals surface area contributed by atoms with E-state index in [1.807, 2.05) is 6.07 Å². The SMILES string of the molecule is N#Cc1cc(-n2cnc(C#N)c2C#N)ccc1[N+](=O)[O-]. The third-order valence-electron chi connectivity index (χ3n) is 2.55. The van der Waals surface area contributed by atoms with Crippen LogP contribution in [-0.2, 0) is 0 Å². The molecule has 8 nitrogen and oxygen atoms in total. The maximum Gasteiger partial charge on any atom is 0.287 e. The van der Waals surface area contributed by atoms with E-state index in [-0.39, 0.29) is 22.6 Å². The Labute approximate surface area is 112 Å². The minimum absolute atomic E-state index is 0.00485. The number of imidazole rings is 1. The summed E-state index contributed by atoms with van der Waals surface area (Å²) in [6, 6.07) is 9.13. The Morgan fingerprint density at radius 3 is 2.50 bits per heavy atom. The lowest BCUT2D eigenvalue weighted by Gasteiger charge is -2.04. The number of nitro benzene ring substituents is 1. The topological polar surface area (TPSA) is 132 Å². The van der Waals surface area contributed by atoms with Crippen LogP contribution < -0.4 is 0 Å². The van der Waals surface area contributed by atoms with Gasteiger partial charge in [0.1, 0.15) is 30.1 Å². The van der Waals surface area contributed by atoms with Gasteiger partial charge >= 0.3 is 0 Å². The molecule has 1 aromatic carbocycles. The molecule has 2 rings (SSSR count). The number of nitriles is 3. The Balaban J connectivity index is 2.65. The molecule has 0 spiro atoms. The van der Waals surface area contributed by atoms with Gasteiger partial charge < -0.3 is 0 Å². The molecule has 0 saturated heterocycles. The molecule has 1 heterocycles. The Bertz CT molecular complexity index is 831. The minimum atomic E-state index is -0.665. The molecule has 0 aliphatic heterocycles. The van der Waals surface area contributed by atoms with Crippen molar-refractivity contribution in [3.05, 3.63) is 51.6 Å². The molecule has 0 saturated carbocycles. The van der Waals surface area contributed by atoms with E-state index in [0.717, 1.165) is 0 Å². The van der Waals surface area contributed by atoms with E-state index in [9.17, 15) is 10.1 Å². The summed E-state index contributed by atoms with van der Waals surface area (Å²) in [4.78, 5) is 13.8. The second-order valence-electron chi connectivity index (χ2n) is 3.61. The van der Waals surface area contributed by atoms with Gasteiger partial charge in [0.25, 0.3) is 5.69 Å². The Morgan fingerprint density at radius 2 is 1.95 bits per heavy atom. The van der Waals surface area contributed by atoms with E-state index in [1.54, 1.807) is 12.1 Å². The van der Waals surface area contributed by atoms with E-state index in [0.29, 0.717) is 5.69 Å². The highest BCUT2D eigenvalue weighted by atomic mass is 16.6. The maximum absolute atomic E-state index is 10.7. The first kappa shape index (κ1) is 12.7. The lowest BCUT2D eigenvalue weighted by molar-refractivity contribution is -0.385. The van der Waals surface area contributed by atoms with E-state index >= 15 is 0 Å². The average Bonchev–Trinajstić information content (AvgIpc) is 2.89. The van der Waals surface area contributed by atoms with Crippen LogP contribution in [0.15, 0.2) is 24.5 Å². The van der Waals surface area contributed by atoms with Crippen LogP contribution in [0.25, 0.3) is 5.69 Å². The lowest BCUT2D eigenvalue weighted by Crippen LogP contribution is -1.99. The zero-order chi connectivity index (χ0) is 14.7. The summed E-state index contributed by atoms with van der Waals surface area (Å²) in [7, 11) is 0. The normalized spacial score (nSPS) is 9.25. The van der Waals surface area contributed by atoms with Crippen molar-refractivity contribution in [2.75, 3.05) is 0 Å². The molecule has 0 bridgehead atoms. The lowest BCUT2D eigenvalue weighted by atomic mass is 10.1. The monoisotopic (exact) mass is 264 g/mol. The van der Waals surface area contributed by atoms with Gasteiger partial charge in [-0.3, -0.25) is 14.7 Å². The standard InChI is InChI=1S/C12H4N6O2/c13-4-8-3-9(1-2-11(8)18(19)20)17-7-16-10(5-14)12(17)6-15/h1-3,7H. The first-order valence-corrected chi connectivity index (χ1v) is 5.18. The predicted octanol–water partition coefficient (Wildman–Crippen LogP) is 1.40. The number of hydrogen-bond acceptors (Lipinski definition) is 6. The first-order valence-electron chi connectivity index (χ1n) is 5.18. The summed E-state index contributed by atoms with van der Waals surface area (Å²) < 4.78 is 1.29. The molecule has 0 aliphatic rings. The molecule has 1 aromatic heterocycles. The van der Waals surface area contributed by atoms with Gasteiger partial charge in [0.15, 0.2) is 11.4 Å². The van der Waals surface area contributed by atoms with Gasteiger partial charge in [-0.15, -0.1) is 0 Å². The molecule has 2 aromatic rings. The molecule has 0 atom stereocenters. The highest BCUT2D eigenvalue weighted by Gasteiger charge is 2.17. The van der Waals surface area contributed by atoms with Gasteiger partial charge in [-0.1, -0.05) is 0 Å². The zero-order valence-corrected chi connectivity index (χ0v) is 9.81. The third kappa shape index (κ3) is 1.92. The second-order valence-corrected chi connectivity index (χ2v) is 3.61. The van der Waals surface area contributed by atoms with Crippen molar-refractivity contribution in [2.24, 2.45) is 0 Å². The Hall–Kier alpha value is -3.70. The molecule has 8 heteroatoms. The van der Waals surface area contributed by atoms with Crippen LogP contribution in [0.5, 0.6) is 0 Å². The predicted molar refractivity (Wildman–Crippen MR) is 64.4 cm³/mol. The van der Waals surface area contributed by atoms with Crippen LogP contribution in [-0.4, -0.2) is 14.5 Å².